The molecule has 0 amide bonds. The second-order valence-electron chi connectivity index (χ2n) is 5.06. The highest BCUT2D eigenvalue weighted by Crippen LogP contribution is 2.34. The van der Waals surface area contributed by atoms with Crippen molar-refractivity contribution in [1.82, 2.24) is 4.98 Å². The number of nitro benzene ring substituents is 1. The van der Waals surface area contributed by atoms with Gasteiger partial charge in [-0.3, -0.25) is 15.1 Å². The maximum atomic E-state index is 13.2. The van der Waals surface area contributed by atoms with Gasteiger partial charge in [0.15, 0.2) is 0 Å². The molecule has 0 spiro atoms. The van der Waals surface area contributed by atoms with Gasteiger partial charge in [-0.1, -0.05) is 6.07 Å². The van der Waals surface area contributed by atoms with E-state index in [0.717, 1.165) is 36.6 Å². The molecule has 0 saturated heterocycles. The van der Waals surface area contributed by atoms with Gasteiger partial charge in [-0.15, -0.1) is 0 Å². The van der Waals surface area contributed by atoms with Crippen LogP contribution in [0.1, 0.15) is 30.1 Å². The Morgan fingerprint density at radius 1 is 1.38 bits per heavy atom. The summed E-state index contributed by atoms with van der Waals surface area (Å²) in [5.41, 5.74) is 2.15. The van der Waals surface area contributed by atoms with E-state index in [0.29, 0.717) is 5.69 Å². The van der Waals surface area contributed by atoms with Crippen LogP contribution in [0.2, 0.25) is 0 Å². The van der Waals surface area contributed by atoms with Crippen molar-refractivity contribution in [1.29, 1.82) is 0 Å². The number of hydrogen-bond acceptors (Lipinski definition) is 4. The standard InChI is InChI=1S/C15H14FN3O2/c16-11-6-7-12(14(9-11)19(20)21)18-13-5-1-3-10-4-2-8-17-15(10)13/h2,4,6-9,13,18H,1,3,5H2. The first-order chi connectivity index (χ1) is 10.1. The fourth-order valence-electron chi connectivity index (χ4n) is 2.72. The van der Waals surface area contributed by atoms with Crippen LogP contribution in [0.5, 0.6) is 0 Å². The Hall–Kier alpha value is -2.50. The molecule has 1 heterocycles. The number of rotatable bonds is 3. The van der Waals surface area contributed by atoms with Gasteiger partial charge in [0.25, 0.3) is 5.69 Å². The number of fused-ring (bicyclic) bond motifs is 1. The lowest BCUT2D eigenvalue weighted by Crippen LogP contribution is -2.19. The number of anilines is 1. The number of aryl methyl sites for hydroxylation is 1. The minimum absolute atomic E-state index is 0.0842. The maximum Gasteiger partial charge on any atom is 0.295 e. The zero-order chi connectivity index (χ0) is 14.8. The SMILES string of the molecule is O=[N+]([O-])c1cc(F)ccc1NC1CCCc2cccnc21. The summed E-state index contributed by atoms with van der Waals surface area (Å²) >= 11 is 0. The van der Waals surface area contributed by atoms with Crippen molar-refractivity contribution in [3.8, 4) is 0 Å². The summed E-state index contributed by atoms with van der Waals surface area (Å²) in [6.07, 6.45) is 4.52. The van der Waals surface area contributed by atoms with Crippen molar-refractivity contribution in [3.05, 3.63) is 63.7 Å². The van der Waals surface area contributed by atoms with Crippen LogP contribution in [0.4, 0.5) is 15.8 Å². The van der Waals surface area contributed by atoms with Gasteiger partial charge < -0.3 is 5.32 Å². The predicted octanol–water partition coefficient (Wildman–Crippen LogP) is 3.62. The number of benzene rings is 1. The van der Waals surface area contributed by atoms with E-state index in [-0.39, 0.29) is 11.7 Å². The van der Waals surface area contributed by atoms with Gasteiger partial charge in [0.2, 0.25) is 0 Å². The molecule has 1 N–H and O–H groups in total. The smallest absolute Gasteiger partial charge is 0.295 e. The zero-order valence-electron chi connectivity index (χ0n) is 11.3. The van der Waals surface area contributed by atoms with E-state index in [1.54, 1.807) is 6.20 Å². The van der Waals surface area contributed by atoms with Gasteiger partial charge in [-0.25, -0.2) is 4.39 Å². The molecule has 21 heavy (non-hydrogen) atoms. The van der Waals surface area contributed by atoms with Crippen LogP contribution < -0.4 is 5.32 Å². The maximum absolute atomic E-state index is 13.2. The highest BCUT2D eigenvalue weighted by atomic mass is 19.1. The van der Waals surface area contributed by atoms with Crippen LogP contribution in [-0.2, 0) is 6.42 Å². The molecule has 3 rings (SSSR count). The van der Waals surface area contributed by atoms with Crippen molar-refractivity contribution in [2.45, 2.75) is 25.3 Å². The zero-order valence-corrected chi connectivity index (χ0v) is 11.3. The third kappa shape index (κ3) is 2.69. The number of aromatic nitrogens is 1. The van der Waals surface area contributed by atoms with Crippen LogP contribution in [-0.4, -0.2) is 9.91 Å². The first-order valence-corrected chi connectivity index (χ1v) is 6.79. The Morgan fingerprint density at radius 3 is 3.05 bits per heavy atom. The quantitative estimate of drug-likeness (QED) is 0.691. The molecule has 1 unspecified atom stereocenters. The van der Waals surface area contributed by atoms with Gasteiger partial charge in [-0.2, -0.15) is 0 Å². The van der Waals surface area contributed by atoms with E-state index >= 15 is 0 Å². The van der Waals surface area contributed by atoms with Crippen molar-refractivity contribution in [3.63, 3.8) is 0 Å². The fourth-order valence-corrected chi connectivity index (χ4v) is 2.72. The first kappa shape index (κ1) is 13.5. The Labute approximate surface area is 121 Å². The van der Waals surface area contributed by atoms with Gasteiger partial charge in [0, 0.05) is 6.20 Å². The van der Waals surface area contributed by atoms with Crippen LogP contribution in [0, 0.1) is 15.9 Å². The molecular formula is C15H14FN3O2. The lowest BCUT2D eigenvalue weighted by Gasteiger charge is -2.25. The fraction of sp³-hybridized carbons (Fsp3) is 0.267. The normalized spacial score (nSPS) is 17.1. The number of nitrogens with one attached hydrogen (secondary N) is 1. The summed E-state index contributed by atoms with van der Waals surface area (Å²) in [6, 6.07) is 7.39. The van der Waals surface area contributed by atoms with Gasteiger partial charge in [0.05, 0.1) is 22.7 Å². The van der Waals surface area contributed by atoms with Crippen molar-refractivity contribution < 1.29 is 9.31 Å². The highest BCUT2D eigenvalue weighted by Gasteiger charge is 2.24. The highest BCUT2D eigenvalue weighted by molar-refractivity contribution is 5.62. The molecule has 1 aliphatic carbocycles. The minimum atomic E-state index is -0.616. The summed E-state index contributed by atoms with van der Waals surface area (Å²) in [6.45, 7) is 0. The molecular weight excluding hydrogens is 273 g/mol. The second kappa shape index (κ2) is 5.47. The third-order valence-corrected chi connectivity index (χ3v) is 3.68. The Morgan fingerprint density at radius 2 is 2.24 bits per heavy atom. The van der Waals surface area contributed by atoms with E-state index in [1.807, 2.05) is 12.1 Å². The number of pyridine rings is 1. The molecule has 6 heteroatoms. The average Bonchev–Trinajstić information content (AvgIpc) is 2.49. The molecule has 1 aromatic carbocycles. The molecule has 0 saturated carbocycles. The third-order valence-electron chi connectivity index (χ3n) is 3.68. The molecule has 1 atom stereocenters. The van der Waals surface area contributed by atoms with E-state index < -0.39 is 10.7 Å². The largest absolute Gasteiger partial charge is 0.371 e. The van der Waals surface area contributed by atoms with Crippen LogP contribution >= 0.6 is 0 Å². The molecule has 108 valence electrons. The van der Waals surface area contributed by atoms with Crippen LogP contribution in [0.3, 0.4) is 0 Å². The van der Waals surface area contributed by atoms with Crippen LogP contribution in [0.15, 0.2) is 36.5 Å². The number of nitro groups is 1. The van der Waals surface area contributed by atoms with E-state index in [1.165, 1.54) is 12.1 Å². The molecule has 5 nitrogen and oxygen atoms in total. The summed E-state index contributed by atoms with van der Waals surface area (Å²) in [5, 5.41) is 14.2. The van der Waals surface area contributed by atoms with Gasteiger partial charge >= 0.3 is 0 Å². The van der Waals surface area contributed by atoms with Crippen molar-refractivity contribution >= 4 is 11.4 Å². The molecule has 0 fully saturated rings. The van der Waals surface area contributed by atoms with Crippen molar-refractivity contribution in [2.24, 2.45) is 0 Å². The molecule has 0 aliphatic heterocycles. The monoisotopic (exact) mass is 287 g/mol. The summed E-state index contributed by atoms with van der Waals surface area (Å²) in [7, 11) is 0. The second-order valence-corrected chi connectivity index (χ2v) is 5.06. The molecule has 0 radical (unpaired) electrons. The Kier molecular flexibility index (Phi) is 3.51. The Balaban J connectivity index is 1.93. The molecule has 1 aromatic heterocycles. The van der Waals surface area contributed by atoms with Gasteiger partial charge in [0.1, 0.15) is 11.5 Å². The minimum Gasteiger partial charge on any atom is -0.371 e. The topological polar surface area (TPSA) is 68.1 Å². The van der Waals surface area contributed by atoms with E-state index in [2.05, 4.69) is 10.3 Å². The van der Waals surface area contributed by atoms with E-state index in [4.69, 9.17) is 0 Å². The molecule has 1 aliphatic rings. The number of hydrogen-bond donors (Lipinski definition) is 1. The number of nitrogens with zero attached hydrogens (tertiary/aromatic N) is 2. The molecule has 2 aromatic rings. The lowest BCUT2D eigenvalue weighted by molar-refractivity contribution is -0.384. The summed E-state index contributed by atoms with van der Waals surface area (Å²) in [5.74, 6) is -0.616. The lowest BCUT2D eigenvalue weighted by atomic mass is 9.91. The average molecular weight is 287 g/mol. The van der Waals surface area contributed by atoms with Crippen LogP contribution in [0.25, 0.3) is 0 Å². The summed E-state index contributed by atoms with van der Waals surface area (Å²) < 4.78 is 13.2. The predicted molar refractivity (Wildman–Crippen MR) is 76.6 cm³/mol. The first-order valence-electron chi connectivity index (χ1n) is 6.79. The molecule has 0 bridgehead atoms. The van der Waals surface area contributed by atoms with E-state index in [9.17, 15) is 14.5 Å². The van der Waals surface area contributed by atoms with Crippen molar-refractivity contribution in [2.75, 3.05) is 5.32 Å². The summed E-state index contributed by atoms with van der Waals surface area (Å²) in [4.78, 5) is 14.9. The number of halogens is 1. The Bertz CT molecular complexity index is 690. The van der Waals surface area contributed by atoms with Gasteiger partial charge in [-0.05, 0) is 43.0 Å².